The van der Waals surface area contributed by atoms with Crippen LogP contribution in [0, 0.1) is 46.3 Å². The van der Waals surface area contributed by atoms with Gasteiger partial charge in [-0.1, -0.05) is 101 Å². The molecule has 0 amide bonds. The quantitative estimate of drug-likeness (QED) is 0.108. The molecule has 0 radical (unpaired) electrons. The minimum absolute atomic E-state index is 0.0000980. The topological polar surface area (TPSA) is 134 Å². The van der Waals surface area contributed by atoms with E-state index in [0.29, 0.717) is 107 Å². The van der Waals surface area contributed by atoms with Gasteiger partial charge in [0.2, 0.25) is 0 Å². The summed E-state index contributed by atoms with van der Waals surface area (Å²) in [4.78, 5) is 23.4. The van der Waals surface area contributed by atoms with Crippen LogP contribution in [0.3, 0.4) is 0 Å². The highest BCUT2D eigenvalue weighted by molar-refractivity contribution is 5.90. The number of fused-ring (bicyclic) bond motifs is 2. The molecule has 62 heavy (non-hydrogen) atoms. The first-order valence-corrected chi connectivity index (χ1v) is 24.0. The number of rotatable bonds is 8. The van der Waals surface area contributed by atoms with E-state index in [9.17, 15) is 30.0 Å². The normalized spacial score (nSPS) is 40.8. The number of allylic oxidation sites excluding steroid dienone is 6. The highest BCUT2D eigenvalue weighted by Crippen LogP contribution is 2.61. The lowest BCUT2D eigenvalue weighted by Crippen LogP contribution is -2.36. The van der Waals surface area contributed by atoms with Crippen molar-refractivity contribution in [2.45, 2.75) is 180 Å². The maximum Gasteiger partial charge on any atom is 0.333 e. The summed E-state index contributed by atoms with van der Waals surface area (Å²) in [5.41, 5.74) is 8.18. The Kier molecular flexibility index (Phi) is 14.3. The van der Waals surface area contributed by atoms with Crippen molar-refractivity contribution in [1.82, 2.24) is 0 Å². The third-order valence-electron chi connectivity index (χ3n) is 17.4. The number of ether oxygens (including phenoxy) is 2. The average molecular weight is 853 g/mol. The molecular formula is C54H76O8. The molecule has 2 aliphatic heterocycles. The van der Waals surface area contributed by atoms with Gasteiger partial charge in [0, 0.05) is 24.0 Å². The maximum absolute atomic E-state index is 11.7. The summed E-state index contributed by atoms with van der Waals surface area (Å²) in [5.74, 6) is 3.08. The predicted molar refractivity (Wildman–Crippen MR) is 244 cm³/mol. The lowest BCUT2D eigenvalue weighted by Gasteiger charge is -2.44. The smallest absolute Gasteiger partial charge is 0.333 e. The van der Waals surface area contributed by atoms with Crippen LogP contribution in [-0.2, 0) is 19.1 Å². The molecular weight excluding hydrogens is 777 g/mol. The zero-order valence-corrected chi connectivity index (χ0v) is 38.2. The summed E-state index contributed by atoms with van der Waals surface area (Å²) in [7, 11) is 0. The molecule has 8 fully saturated rings. The van der Waals surface area contributed by atoms with E-state index >= 15 is 0 Å². The minimum Gasteiger partial charge on any atom is -0.459 e. The van der Waals surface area contributed by atoms with E-state index in [1.54, 1.807) is 0 Å². The first-order chi connectivity index (χ1) is 29.4. The number of esters is 2. The number of aliphatic hydroxyl groups is 4. The van der Waals surface area contributed by atoms with Crippen LogP contribution in [0.15, 0.2) is 95.2 Å². The molecule has 340 valence electrons. The van der Waals surface area contributed by atoms with Gasteiger partial charge in [-0.2, -0.15) is 0 Å². The van der Waals surface area contributed by atoms with Crippen molar-refractivity contribution in [2.75, 3.05) is 0 Å². The Hall–Kier alpha value is -3.30. The van der Waals surface area contributed by atoms with E-state index in [1.165, 1.54) is 62.5 Å². The molecule has 0 aromatic heterocycles. The van der Waals surface area contributed by atoms with E-state index < -0.39 is 24.4 Å². The summed E-state index contributed by atoms with van der Waals surface area (Å²) in [6.07, 6.45) is 24.0. The standard InChI is InChI=1S/2C27H38O4/c2*1-16(12-21-13-17(2)26(30)31-21)22-9-10-23-20(6-5-11-27(22,23)4)8-7-19-14-24(28)18(3)25(29)15-19/h2*7-8,16,21-25,28-29H,2-3,5-6,9-15H2,1,4H3/b2*20-8+/t16-,21+,22?,23+,24-,25-,27-;16-,21-,22?,23+,24-,25-,27-/m11/s1. The molecule has 8 nitrogen and oxygen atoms in total. The van der Waals surface area contributed by atoms with Gasteiger partial charge in [0.25, 0.3) is 0 Å². The third kappa shape index (κ3) is 9.70. The largest absolute Gasteiger partial charge is 0.459 e. The third-order valence-corrected chi connectivity index (χ3v) is 17.4. The van der Waals surface area contributed by atoms with Crippen LogP contribution in [0.5, 0.6) is 0 Å². The molecule has 2 unspecified atom stereocenters. The van der Waals surface area contributed by atoms with E-state index in [4.69, 9.17) is 9.47 Å². The van der Waals surface area contributed by atoms with Crippen LogP contribution in [0.1, 0.15) is 143 Å². The minimum atomic E-state index is -0.637. The van der Waals surface area contributed by atoms with Crippen LogP contribution in [0.4, 0.5) is 0 Å². The Labute approximate surface area is 371 Å². The van der Waals surface area contributed by atoms with E-state index in [2.05, 4.69) is 78.3 Å². The van der Waals surface area contributed by atoms with Gasteiger partial charge in [-0.15, -0.1) is 0 Å². The molecule has 0 spiro atoms. The summed E-state index contributed by atoms with van der Waals surface area (Å²) < 4.78 is 11.0. The molecule has 0 aromatic carbocycles. The van der Waals surface area contributed by atoms with Crippen LogP contribution in [0.2, 0.25) is 0 Å². The first-order valence-electron chi connectivity index (χ1n) is 24.0. The molecule has 6 saturated carbocycles. The van der Waals surface area contributed by atoms with Crippen LogP contribution < -0.4 is 0 Å². The summed E-state index contributed by atoms with van der Waals surface area (Å²) in [6.45, 7) is 24.9. The van der Waals surface area contributed by atoms with Crippen molar-refractivity contribution >= 4 is 11.9 Å². The molecule has 8 heteroatoms. The van der Waals surface area contributed by atoms with Crippen molar-refractivity contribution in [3.63, 3.8) is 0 Å². The average Bonchev–Trinajstić information content (AvgIpc) is 3.95. The second-order valence-corrected chi connectivity index (χ2v) is 21.5. The molecule has 2 heterocycles. The monoisotopic (exact) mass is 853 g/mol. The molecule has 2 saturated heterocycles. The lowest BCUT2D eigenvalue weighted by atomic mass is 9.60. The van der Waals surface area contributed by atoms with Gasteiger partial charge in [-0.05, 0) is 160 Å². The Morgan fingerprint density at radius 3 is 1.26 bits per heavy atom. The molecule has 0 bridgehead atoms. The van der Waals surface area contributed by atoms with E-state index in [-0.39, 0.29) is 24.1 Å². The SMILES string of the molecule is C=C1C[C@@H](C[C@@H](C)C2CC[C@H]3/C(=C/C=C4C[C@@H](O)C(=C)[C@H](O)C4)CCC[C@]23C)OC1=O.C=C1C[C@H](C[C@@H](C)C2CC[C@H]3/C(=C/C=C4C[C@@H](O)C(=C)[C@H](O)C4)CCC[C@]23C)OC1=O. The van der Waals surface area contributed by atoms with Crippen molar-refractivity contribution in [3.8, 4) is 0 Å². The van der Waals surface area contributed by atoms with Crippen LogP contribution in [0.25, 0.3) is 0 Å². The Balaban J connectivity index is 0.000000186. The van der Waals surface area contributed by atoms with Crippen molar-refractivity contribution < 1.29 is 39.5 Å². The maximum atomic E-state index is 11.7. The van der Waals surface area contributed by atoms with Gasteiger partial charge in [0.1, 0.15) is 12.2 Å². The zero-order chi connectivity index (χ0) is 44.7. The van der Waals surface area contributed by atoms with E-state index in [1.807, 2.05) is 0 Å². The first kappa shape index (κ1) is 46.7. The molecule has 6 aliphatic carbocycles. The fourth-order valence-electron chi connectivity index (χ4n) is 14.0. The second kappa shape index (κ2) is 19.0. The zero-order valence-electron chi connectivity index (χ0n) is 38.2. The fourth-order valence-corrected chi connectivity index (χ4v) is 14.0. The van der Waals surface area contributed by atoms with Crippen LogP contribution >= 0.6 is 0 Å². The van der Waals surface area contributed by atoms with Gasteiger partial charge >= 0.3 is 11.9 Å². The Bertz CT molecular complexity index is 1710. The predicted octanol–water partition coefficient (Wildman–Crippen LogP) is 10.1. The number of aliphatic hydroxyl groups excluding tert-OH is 4. The second-order valence-electron chi connectivity index (χ2n) is 21.5. The Morgan fingerprint density at radius 1 is 0.581 bits per heavy atom. The molecule has 0 aromatic rings. The fraction of sp³-hybridized carbons (Fsp3) is 0.667. The molecule has 14 atom stereocenters. The Morgan fingerprint density at radius 2 is 0.935 bits per heavy atom. The molecule has 8 aliphatic rings. The highest BCUT2D eigenvalue weighted by Gasteiger charge is 2.52. The van der Waals surface area contributed by atoms with Gasteiger partial charge in [-0.3, -0.25) is 0 Å². The number of hydrogen-bond acceptors (Lipinski definition) is 8. The molecule has 8 rings (SSSR count). The van der Waals surface area contributed by atoms with Crippen molar-refractivity contribution in [1.29, 1.82) is 0 Å². The lowest BCUT2D eigenvalue weighted by molar-refractivity contribution is -0.140. The number of cyclic esters (lactones) is 2. The number of carbonyl (C=O) groups excluding carboxylic acids is 2. The summed E-state index contributed by atoms with van der Waals surface area (Å²) in [6, 6.07) is 0. The highest BCUT2D eigenvalue weighted by atomic mass is 16.6. The number of hydrogen-bond donors (Lipinski definition) is 4. The van der Waals surface area contributed by atoms with Gasteiger partial charge < -0.3 is 29.9 Å². The molecule has 4 N–H and O–H groups in total. The van der Waals surface area contributed by atoms with E-state index in [0.717, 1.165) is 36.8 Å². The van der Waals surface area contributed by atoms with Crippen LogP contribution in [-0.4, -0.2) is 69.0 Å². The summed E-state index contributed by atoms with van der Waals surface area (Å²) in [5, 5.41) is 40.5. The van der Waals surface area contributed by atoms with Gasteiger partial charge in [0.15, 0.2) is 0 Å². The van der Waals surface area contributed by atoms with Gasteiger partial charge in [-0.25, -0.2) is 9.59 Å². The van der Waals surface area contributed by atoms with Gasteiger partial charge in [0.05, 0.1) is 24.4 Å². The summed E-state index contributed by atoms with van der Waals surface area (Å²) >= 11 is 0. The number of carbonyl (C=O) groups is 2. The van der Waals surface area contributed by atoms with Crippen molar-refractivity contribution in [2.24, 2.45) is 46.3 Å². The van der Waals surface area contributed by atoms with Crippen molar-refractivity contribution in [3.05, 3.63) is 95.2 Å².